The maximum absolute atomic E-state index is 13.8. The Morgan fingerprint density at radius 3 is 2.05 bits per heavy atom. The summed E-state index contributed by atoms with van der Waals surface area (Å²) in [6.07, 6.45) is 0. The lowest BCUT2D eigenvalue weighted by Crippen LogP contribution is -2.27. The number of rotatable bonds is 6. The highest BCUT2D eigenvalue weighted by molar-refractivity contribution is 6.08. The van der Waals surface area contributed by atoms with Gasteiger partial charge >= 0.3 is 11.9 Å². The van der Waals surface area contributed by atoms with E-state index in [1.165, 1.54) is 52.7 Å². The largest absolute Gasteiger partial charge is 0.508 e. The second-order valence-electron chi connectivity index (χ2n) is 8.13. The normalized spacial score (nSPS) is 10.7. The van der Waals surface area contributed by atoms with Gasteiger partial charge in [0.1, 0.15) is 22.9 Å². The first kappa shape index (κ1) is 25.3. The number of phenolic OH excluding ortho intramolecular Hbond substituents is 1. The number of nitrogens with zero attached hydrogens (tertiary/aromatic N) is 1. The highest BCUT2D eigenvalue weighted by atomic mass is 16.5. The van der Waals surface area contributed by atoms with E-state index in [2.05, 4.69) is 0 Å². The molecule has 9 heteroatoms. The Kier molecular flexibility index (Phi) is 6.88. The molecule has 0 saturated heterocycles. The van der Waals surface area contributed by atoms with Crippen LogP contribution in [0.15, 0.2) is 59.4 Å². The summed E-state index contributed by atoms with van der Waals surface area (Å²) >= 11 is 0. The average molecular weight is 504 g/mol. The van der Waals surface area contributed by atoms with E-state index in [1.807, 2.05) is 6.92 Å². The van der Waals surface area contributed by atoms with Crippen molar-refractivity contribution in [3.05, 3.63) is 81.8 Å². The molecule has 9 nitrogen and oxygen atoms in total. The Morgan fingerprint density at radius 1 is 0.811 bits per heavy atom. The van der Waals surface area contributed by atoms with Crippen molar-refractivity contribution < 1.29 is 33.6 Å². The molecular weight excluding hydrogens is 478 g/mol. The van der Waals surface area contributed by atoms with Crippen molar-refractivity contribution in [1.29, 1.82) is 0 Å². The zero-order chi connectivity index (χ0) is 26.9. The molecule has 3 aromatic carbocycles. The number of carbonyl (C=O) groups is 2. The minimum atomic E-state index is -0.788. The Morgan fingerprint density at radius 2 is 1.46 bits per heavy atom. The predicted molar refractivity (Wildman–Crippen MR) is 137 cm³/mol. The van der Waals surface area contributed by atoms with Crippen LogP contribution >= 0.6 is 0 Å². The van der Waals surface area contributed by atoms with Crippen LogP contribution in [0.25, 0.3) is 27.6 Å². The van der Waals surface area contributed by atoms with E-state index in [0.717, 1.165) is 10.1 Å². The quantitative estimate of drug-likeness (QED) is 0.388. The Bertz CT molecular complexity index is 1580. The lowest BCUT2D eigenvalue weighted by atomic mass is 9.94. The summed E-state index contributed by atoms with van der Waals surface area (Å²) in [6, 6.07) is 13.9. The van der Waals surface area contributed by atoms with E-state index >= 15 is 0 Å². The molecule has 190 valence electrons. The number of aromatic nitrogens is 1. The third-order valence-corrected chi connectivity index (χ3v) is 6.11. The Balaban J connectivity index is 2.24. The fourth-order valence-corrected chi connectivity index (χ4v) is 4.34. The topological polar surface area (TPSA) is 113 Å². The van der Waals surface area contributed by atoms with Crippen LogP contribution in [-0.4, -0.2) is 50.1 Å². The lowest BCUT2D eigenvalue weighted by molar-refractivity contribution is 0.0587. The number of benzene rings is 3. The molecule has 0 aliphatic heterocycles. The third kappa shape index (κ3) is 4.35. The summed E-state index contributed by atoms with van der Waals surface area (Å²) < 4.78 is 22.2. The molecule has 1 heterocycles. The van der Waals surface area contributed by atoms with Crippen LogP contribution in [0.1, 0.15) is 26.4 Å². The summed E-state index contributed by atoms with van der Waals surface area (Å²) in [5.74, 6) is -0.523. The zero-order valence-corrected chi connectivity index (χ0v) is 20.9. The number of methoxy groups -OCH3 is 4. The van der Waals surface area contributed by atoms with Crippen molar-refractivity contribution >= 4 is 22.7 Å². The first-order valence-corrected chi connectivity index (χ1v) is 11.2. The molecular formula is C28H25NO8. The number of aromatic hydroxyl groups is 1. The number of hydrogen-bond donors (Lipinski definition) is 1. The van der Waals surface area contributed by atoms with Gasteiger partial charge in [0, 0.05) is 11.1 Å². The van der Waals surface area contributed by atoms with Crippen molar-refractivity contribution in [3.63, 3.8) is 0 Å². The van der Waals surface area contributed by atoms with Gasteiger partial charge in [-0.2, -0.15) is 0 Å². The molecule has 4 rings (SSSR count). The van der Waals surface area contributed by atoms with E-state index < -0.39 is 17.5 Å². The van der Waals surface area contributed by atoms with Gasteiger partial charge in [-0.3, -0.25) is 9.36 Å². The number of carbonyl (C=O) groups excluding carboxylic acids is 2. The molecule has 0 aliphatic rings. The second kappa shape index (κ2) is 10.1. The summed E-state index contributed by atoms with van der Waals surface area (Å²) in [4.78, 5) is 39.4. The molecule has 37 heavy (non-hydrogen) atoms. The smallest absolute Gasteiger partial charge is 0.355 e. The van der Waals surface area contributed by atoms with Gasteiger partial charge in [-0.05, 0) is 66.4 Å². The van der Waals surface area contributed by atoms with Crippen LogP contribution in [0.2, 0.25) is 0 Å². The van der Waals surface area contributed by atoms with Gasteiger partial charge in [-0.15, -0.1) is 0 Å². The number of ether oxygens (including phenoxy) is 4. The average Bonchev–Trinajstić information content (AvgIpc) is 2.92. The van der Waals surface area contributed by atoms with Gasteiger partial charge in [0.15, 0.2) is 0 Å². The number of hydrogen-bond acceptors (Lipinski definition) is 8. The van der Waals surface area contributed by atoms with Crippen molar-refractivity contribution in [2.45, 2.75) is 6.92 Å². The monoisotopic (exact) mass is 503 g/mol. The number of phenols is 1. The van der Waals surface area contributed by atoms with E-state index in [1.54, 1.807) is 30.3 Å². The van der Waals surface area contributed by atoms with Crippen molar-refractivity contribution in [3.8, 4) is 34.1 Å². The Hall–Kier alpha value is -4.79. The van der Waals surface area contributed by atoms with Crippen molar-refractivity contribution in [2.24, 2.45) is 0 Å². The fraction of sp³-hybridized carbons (Fsp3) is 0.179. The summed E-state index contributed by atoms with van der Waals surface area (Å²) in [5, 5.41) is 10.8. The number of esters is 2. The van der Waals surface area contributed by atoms with Crippen LogP contribution in [0.4, 0.5) is 0 Å². The second-order valence-corrected chi connectivity index (χ2v) is 8.13. The maximum Gasteiger partial charge on any atom is 0.355 e. The number of pyridine rings is 1. The van der Waals surface area contributed by atoms with Gasteiger partial charge in [-0.25, -0.2) is 9.59 Å². The molecule has 0 aliphatic carbocycles. The standard InChI is InChI=1S/C28H25NO8/c1-15-22(34-2)12-17(13-23(15)35-3)24-20-10-9-19(30)14-21(20)26(31)29(25(24)28(33)37-5)18-8-6-7-16(11-18)27(32)36-4/h6-14,30H,1-5H3. The lowest BCUT2D eigenvalue weighted by Gasteiger charge is -2.20. The van der Waals surface area contributed by atoms with E-state index in [4.69, 9.17) is 18.9 Å². The van der Waals surface area contributed by atoms with Crippen molar-refractivity contribution in [1.82, 2.24) is 4.57 Å². The fourth-order valence-electron chi connectivity index (χ4n) is 4.34. The Labute approximate surface area is 212 Å². The van der Waals surface area contributed by atoms with Crippen LogP contribution in [-0.2, 0) is 9.47 Å². The maximum atomic E-state index is 13.8. The molecule has 0 radical (unpaired) electrons. The molecule has 0 bridgehead atoms. The third-order valence-electron chi connectivity index (χ3n) is 6.11. The molecule has 0 fully saturated rings. The number of fused-ring (bicyclic) bond motifs is 1. The van der Waals surface area contributed by atoms with Gasteiger partial charge in [0.25, 0.3) is 5.56 Å². The minimum absolute atomic E-state index is 0.0827. The van der Waals surface area contributed by atoms with Gasteiger partial charge in [0.2, 0.25) is 0 Å². The van der Waals surface area contributed by atoms with Gasteiger partial charge < -0.3 is 24.1 Å². The zero-order valence-electron chi connectivity index (χ0n) is 20.9. The van der Waals surface area contributed by atoms with Crippen LogP contribution in [0.5, 0.6) is 17.2 Å². The molecule has 0 atom stereocenters. The minimum Gasteiger partial charge on any atom is -0.508 e. The van der Waals surface area contributed by atoms with Crippen LogP contribution in [0.3, 0.4) is 0 Å². The van der Waals surface area contributed by atoms with Gasteiger partial charge in [-0.1, -0.05) is 6.07 Å². The highest BCUT2D eigenvalue weighted by Crippen LogP contribution is 2.39. The SMILES string of the molecule is COC(=O)c1cccc(-n2c(C(=O)OC)c(-c3cc(OC)c(C)c(OC)c3)c3ccc(O)cc3c2=O)c1. The first-order chi connectivity index (χ1) is 17.7. The van der Waals surface area contributed by atoms with Crippen molar-refractivity contribution in [2.75, 3.05) is 28.4 Å². The first-order valence-electron chi connectivity index (χ1n) is 11.2. The molecule has 0 saturated carbocycles. The summed E-state index contributed by atoms with van der Waals surface area (Å²) in [7, 11) is 5.49. The highest BCUT2D eigenvalue weighted by Gasteiger charge is 2.27. The van der Waals surface area contributed by atoms with E-state index in [-0.39, 0.29) is 28.1 Å². The molecule has 1 N–H and O–H groups in total. The van der Waals surface area contributed by atoms with E-state index in [0.29, 0.717) is 28.0 Å². The molecule has 0 spiro atoms. The summed E-state index contributed by atoms with van der Waals surface area (Å²) in [6.45, 7) is 1.83. The molecule has 1 aromatic heterocycles. The molecule has 4 aromatic rings. The summed E-state index contributed by atoms with van der Waals surface area (Å²) in [5.41, 5.74) is 1.33. The molecule has 0 amide bonds. The molecule has 0 unspecified atom stereocenters. The predicted octanol–water partition coefficient (Wildman–Crippen LogP) is 4.26. The van der Waals surface area contributed by atoms with Crippen LogP contribution < -0.4 is 15.0 Å². The van der Waals surface area contributed by atoms with E-state index in [9.17, 15) is 19.5 Å². The van der Waals surface area contributed by atoms with Gasteiger partial charge in [0.05, 0.1) is 45.1 Å². The van der Waals surface area contributed by atoms with Crippen LogP contribution in [0, 0.1) is 6.92 Å².